The molecule has 0 spiro atoms. The van der Waals surface area contributed by atoms with Crippen LogP contribution in [0.25, 0.3) is 10.9 Å². The standard InChI is InChI=1S/C29H31ClN6O5/c1-17(2)14-35-24-8-7-21(12-22(24)25(37)36(28(35)40)15-18-3-4-18)33-27(39)34-9-10-41-29(16-34,26(32)38)20-6-5-19(13-31)23(30)11-20/h5-8,11-12,17-18H,3-4,9-10,14-16H2,1-2H3,(H2,32,38)(H,33,39). The number of fused-ring (bicyclic) bond motifs is 1. The maximum atomic E-state index is 13.4. The first-order valence-corrected chi connectivity index (χ1v) is 13.9. The van der Waals surface area contributed by atoms with Crippen molar-refractivity contribution in [2.45, 2.75) is 45.4 Å². The molecule has 12 heteroatoms. The van der Waals surface area contributed by atoms with Crippen LogP contribution in [-0.2, 0) is 28.2 Å². The second-order valence-corrected chi connectivity index (χ2v) is 11.5. The Labute approximate surface area is 241 Å². The van der Waals surface area contributed by atoms with Gasteiger partial charge in [-0.1, -0.05) is 31.5 Å². The number of carbonyl (C=O) groups is 2. The topological polar surface area (TPSA) is 152 Å². The van der Waals surface area contributed by atoms with E-state index >= 15 is 0 Å². The fourth-order valence-corrected chi connectivity index (χ4v) is 5.41. The minimum atomic E-state index is -1.67. The van der Waals surface area contributed by atoms with E-state index in [4.69, 9.17) is 22.1 Å². The predicted octanol–water partition coefficient (Wildman–Crippen LogP) is 3.00. The highest BCUT2D eigenvalue weighted by molar-refractivity contribution is 6.31. The van der Waals surface area contributed by atoms with Crippen molar-refractivity contribution in [2.24, 2.45) is 17.6 Å². The maximum Gasteiger partial charge on any atom is 0.331 e. The van der Waals surface area contributed by atoms with Gasteiger partial charge in [0.25, 0.3) is 11.5 Å². The molecular weight excluding hydrogens is 548 g/mol. The summed E-state index contributed by atoms with van der Waals surface area (Å²) in [6.07, 6.45) is 1.98. The number of hydrogen-bond donors (Lipinski definition) is 2. The molecule has 3 aromatic rings. The molecule has 1 atom stereocenters. The van der Waals surface area contributed by atoms with Crippen LogP contribution in [0.3, 0.4) is 0 Å². The van der Waals surface area contributed by atoms with Crippen LogP contribution in [0.2, 0.25) is 5.02 Å². The number of amides is 3. The smallest absolute Gasteiger partial charge is 0.331 e. The van der Waals surface area contributed by atoms with Gasteiger partial charge in [-0.15, -0.1) is 0 Å². The molecule has 1 saturated carbocycles. The number of carbonyl (C=O) groups excluding carboxylic acids is 2. The number of nitriles is 1. The molecule has 5 rings (SSSR count). The molecule has 1 aromatic heterocycles. The largest absolute Gasteiger partial charge is 0.367 e. The van der Waals surface area contributed by atoms with Crippen molar-refractivity contribution in [1.82, 2.24) is 14.0 Å². The monoisotopic (exact) mass is 578 g/mol. The lowest BCUT2D eigenvalue weighted by Crippen LogP contribution is -2.58. The van der Waals surface area contributed by atoms with Crippen LogP contribution in [0, 0.1) is 23.2 Å². The number of rotatable bonds is 7. The number of aromatic nitrogens is 2. The highest BCUT2D eigenvalue weighted by Gasteiger charge is 2.45. The molecule has 0 bridgehead atoms. The van der Waals surface area contributed by atoms with Gasteiger partial charge in [0.2, 0.25) is 0 Å². The number of morpholine rings is 1. The molecule has 2 aliphatic rings. The minimum Gasteiger partial charge on any atom is -0.367 e. The SMILES string of the molecule is CC(C)Cn1c(=O)n(CC2CC2)c(=O)c2cc(NC(=O)N3CCOC(C(N)=O)(c4ccc(C#N)c(Cl)c4)C3)ccc21. The average molecular weight is 579 g/mol. The van der Waals surface area contributed by atoms with E-state index in [1.54, 1.807) is 22.8 Å². The van der Waals surface area contributed by atoms with E-state index in [0.717, 1.165) is 12.8 Å². The Hall–Kier alpha value is -4.14. The third kappa shape index (κ3) is 5.45. The van der Waals surface area contributed by atoms with Crippen LogP contribution in [0.15, 0.2) is 46.0 Å². The van der Waals surface area contributed by atoms with E-state index in [2.05, 4.69) is 5.32 Å². The average Bonchev–Trinajstić information content (AvgIpc) is 3.77. The number of primary amides is 1. The van der Waals surface area contributed by atoms with Crippen molar-refractivity contribution in [3.8, 4) is 6.07 Å². The summed E-state index contributed by atoms with van der Waals surface area (Å²) in [5.41, 5.74) is 4.83. The predicted molar refractivity (Wildman–Crippen MR) is 154 cm³/mol. The van der Waals surface area contributed by atoms with Gasteiger partial charge in [0, 0.05) is 25.3 Å². The van der Waals surface area contributed by atoms with Gasteiger partial charge in [0.1, 0.15) is 6.07 Å². The Morgan fingerprint density at radius 2 is 1.95 bits per heavy atom. The summed E-state index contributed by atoms with van der Waals surface area (Å²) in [4.78, 5) is 54.1. The number of nitrogens with zero attached hydrogens (tertiary/aromatic N) is 4. The highest BCUT2D eigenvalue weighted by atomic mass is 35.5. The summed E-state index contributed by atoms with van der Waals surface area (Å²) in [7, 11) is 0. The lowest BCUT2D eigenvalue weighted by molar-refractivity contribution is -0.155. The van der Waals surface area contributed by atoms with Gasteiger partial charge in [-0.25, -0.2) is 9.59 Å². The molecule has 214 valence electrons. The summed E-state index contributed by atoms with van der Waals surface area (Å²) in [6, 6.07) is 10.8. The van der Waals surface area contributed by atoms with Crippen molar-refractivity contribution in [3.63, 3.8) is 0 Å². The molecule has 2 aromatic carbocycles. The molecule has 2 fully saturated rings. The van der Waals surface area contributed by atoms with Gasteiger partial charge in [-0.3, -0.25) is 18.7 Å². The quantitative estimate of drug-likeness (QED) is 0.439. The number of hydrogen-bond acceptors (Lipinski definition) is 6. The third-order valence-corrected chi connectivity index (χ3v) is 7.84. The summed E-state index contributed by atoms with van der Waals surface area (Å²) in [5, 5.41) is 12.5. The molecule has 1 aliphatic heterocycles. The number of urea groups is 1. The minimum absolute atomic E-state index is 0.0268. The van der Waals surface area contributed by atoms with Crippen molar-refractivity contribution in [3.05, 3.63) is 73.4 Å². The molecule has 3 N–H and O–H groups in total. The van der Waals surface area contributed by atoms with Gasteiger partial charge in [0.15, 0.2) is 5.60 Å². The molecule has 1 aliphatic carbocycles. The van der Waals surface area contributed by atoms with Gasteiger partial charge in [-0.2, -0.15) is 5.26 Å². The lowest BCUT2D eigenvalue weighted by atomic mass is 9.90. The van der Waals surface area contributed by atoms with Crippen LogP contribution in [0.1, 0.15) is 37.8 Å². The van der Waals surface area contributed by atoms with Gasteiger partial charge in [-0.05, 0) is 60.6 Å². The van der Waals surface area contributed by atoms with Crippen LogP contribution < -0.4 is 22.3 Å². The lowest BCUT2D eigenvalue weighted by Gasteiger charge is -2.40. The zero-order chi connectivity index (χ0) is 29.5. The van der Waals surface area contributed by atoms with Crippen LogP contribution in [0.5, 0.6) is 0 Å². The van der Waals surface area contributed by atoms with E-state index in [-0.39, 0.29) is 47.4 Å². The van der Waals surface area contributed by atoms with E-state index in [1.165, 1.54) is 27.7 Å². The number of halogens is 1. The van der Waals surface area contributed by atoms with E-state index < -0.39 is 17.5 Å². The second-order valence-electron chi connectivity index (χ2n) is 11.1. The molecule has 11 nitrogen and oxygen atoms in total. The molecule has 3 amide bonds. The summed E-state index contributed by atoms with van der Waals surface area (Å²) in [6.45, 7) is 4.86. The first-order valence-electron chi connectivity index (χ1n) is 13.5. The number of anilines is 1. The van der Waals surface area contributed by atoms with Crippen LogP contribution in [0.4, 0.5) is 10.5 Å². The zero-order valence-corrected chi connectivity index (χ0v) is 23.6. The van der Waals surface area contributed by atoms with Crippen LogP contribution in [-0.4, -0.2) is 45.7 Å². The first-order chi connectivity index (χ1) is 19.5. The molecule has 41 heavy (non-hydrogen) atoms. The second kappa shape index (κ2) is 11.0. The van der Waals surface area contributed by atoms with E-state index in [9.17, 15) is 24.4 Å². The number of nitrogens with two attached hydrogens (primary N) is 1. The van der Waals surface area contributed by atoms with E-state index in [0.29, 0.717) is 41.2 Å². The van der Waals surface area contributed by atoms with Gasteiger partial charge in [0.05, 0.1) is 34.6 Å². The molecule has 1 unspecified atom stereocenters. The van der Waals surface area contributed by atoms with Crippen molar-refractivity contribution in [1.29, 1.82) is 5.26 Å². The van der Waals surface area contributed by atoms with Crippen molar-refractivity contribution < 1.29 is 14.3 Å². The molecule has 2 heterocycles. The summed E-state index contributed by atoms with van der Waals surface area (Å²) >= 11 is 6.20. The normalized spacial score (nSPS) is 18.9. The molecule has 1 saturated heterocycles. The number of nitrogens with one attached hydrogen (secondary N) is 1. The fourth-order valence-electron chi connectivity index (χ4n) is 5.19. The zero-order valence-electron chi connectivity index (χ0n) is 22.9. The van der Waals surface area contributed by atoms with Crippen molar-refractivity contribution in [2.75, 3.05) is 25.0 Å². The Kier molecular flexibility index (Phi) is 7.64. The Bertz CT molecular complexity index is 1700. The third-order valence-electron chi connectivity index (χ3n) is 7.53. The molecular formula is C29H31ClN6O5. The Morgan fingerprint density at radius 3 is 2.59 bits per heavy atom. The fraction of sp³-hybridized carbons (Fsp3) is 0.414. The van der Waals surface area contributed by atoms with Crippen LogP contribution >= 0.6 is 11.6 Å². The number of ether oxygens (including phenoxy) is 1. The highest BCUT2D eigenvalue weighted by Crippen LogP contribution is 2.33. The summed E-state index contributed by atoms with van der Waals surface area (Å²) < 4.78 is 8.77. The van der Waals surface area contributed by atoms with Gasteiger partial charge >= 0.3 is 11.7 Å². The van der Waals surface area contributed by atoms with Crippen molar-refractivity contribution >= 4 is 40.1 Å². The Balaban J connectivity index is 1.45. The number of benzene rings is 2. The first kappa shape index (κ1) is 28.4. The maximum absolute atomic E-state index is 13.4. The summed E-state index contributed by atoms with van der Waals surface area (Å²) in [5.74, 6) is -0.299. The Morgan fingerprint density at radius 1 is 1.20 bits per heavy atom. The van der Waals surface area contributed by atoms with Gasteiger partial charge < -0.3 is 20.7 Å². The molecule has 0 radical (unpaired) electrons. The van der Waals surface area contributed by atoms with E-state index in [1.807, 2.05) is 19.9 Å².